The Morgan fingerprint density at radius 1 is 0.895 bits per heavy atom. The van der Waals surface area contributed by atoms with E-state index in [9.17, 15) is 19.2 Å². The fourth-order valence-electron chi connectivity index (χ4n) is 3.50. The number of ether oxygens (including phenoxy) is 1. The number of aryl methyl sites for hydroxylation is 1. The Hall–Kier alpha value is -3.65. The Bertz CT molecular complexity index is 1120. The van der Waals surface area contributed by atoms with E-state index in [1.165, 1.54) is 16.3 Å². The highest BCUT2D eigenvalue weighted by Gasteiger charge is 2.26. The lowest BCUT2D eigenvalue weighted by molar-refractivity contribution is -0.147. The molecule has 2 N–H and O–H groups in total. The van der Waals surface area contributed by atoms with Gasteiger partial charge in [-0.15, -0.1) is 0 Å². The van der Waals surface area contributed by atoms with Gasteiger partial charge in [0.25, 0.3) is 0 Å². The number of ketones is 1. The smallest absolute Gasteiger partial charge is 0.305 e. The number of aliphatic carboxylic acids is 1. The zero-order chi connectivity index (χ0) is 27.8. The zero-order valence-electron chi connectivity index (χ0n) is 21.8. The lowest BCUT2D eigenvalue weighted by Crippen LogP contribution is -2.46. The summed E-state index contributed by atoms with van der Waals surface area (Å²) in [7, 11) is 0. The van der Waals surface area contributed by atoms with Gasteiger partial charge in [-0.2, -0.15) is 11.8 Å². The summed E-state index contributed by atoms with van der Waals surface area (Å²) >= 11 is 1.64. The minimum atomic E-state index is -1.22. The van der Waals surface area contributed by atoms with E-state index in [0.717, 1.165) is 25.5 Å². The predicted octanol–water partition coefficient (Wildman–Crippen LogP) is 4.92. The summed E-state index contributed by atoms with van der Waals surface area (Å²) < 4.78 is 4.60. The van der Waals surface area contributed by atoms with Gasteiger partial charge in [-0.05, 0) is 34.9 Å². The average Bonchev–Trinajstić information content (AvgIpc) is 2.91. The van der Waals surface area contributed by atoms with Crippen LogP contribution in [-0.2, 0) is 30.3 Å². The molecule has 0 aliphatic carbocycles. The molecular formula is C30H35NO6S. The summed E-state index contributed by atoms with van der Waals surface area (Å²) in [6.45, 7) is 2.32. The average molecular weight is 538 g/mol. The molecule has 0 aromatic heterocycles. The van der Waals surface area contributed by atoms with E-state index < -0.39 is 42.7 Å². The van der Waals surface area contributed by atoms with Crippen LogP contribution in [-0.4, -0.2) is 52.9 Å². The lowest BCUT2D eigenvalue weighted by Gasteiger charge is -2.18. The third-order valence-electron chi connectivity index (χ3n) is 5.57. The molecule has 0 radical (unpaired) electrons. The molecular weight excluding hydrogens is 502 g/mol. The van der Waals surface area contributed by atoms with Crippen molar-refractivity contribution in [2.24, 2.45) is 5.92 Å². The molecule has 0 aliphatic rings. The Labute approximate surface area is 228 Å². The molecule has 3 aromatic carbocycles. The van der Waals surface area contributed by atoms with Crippen LogP contribution >= 0.6 is 11.8 Å². The molecule has 202 valence electrons. The maximum atomic E-state index is 12.3. The first-order valence-electron chi connectivity index (χ1n) is 12.5. The predicted molar refractivity (Wildman–Crippen MR) is 151 cm³/mol. The quantitative estimate of drug-likeness (QED) is 0.235. The second-order valence-electron chi connectivity index (χ2n) is 8.82. The van der Waals surface area contributed by atoms with Crippen LogP contribution < -0.4 is 5.32 Å². The van der Waals surface area contributed by atoms with Crippen molar-refractivity contribution >= 4 is 46.2 Å². The first kappa shape index (κ1) is 30.6. The van der Waals surface area contributed by atoms with E-state index in [1.807, 2.05) is 18.2 Å². The number of carboxylic acid groups (broad SMARTS) is 1. The summed E-state index contributed by atoms with van der Waals surface area (Å²) in [5.74, 6) is -1.81. The monoisotopic (exact) mass is 537 g/mol. The van der Waals surface area contributed by atoms with Gasteiger partial charge in [-0.1, -0.05) is 85.8 Å². The van der Waals surface area contributed by atoms with Gasteiger partial charge in [0.1, 0.15) is 6.04 Å². The van der Waals surface area contributed by atoms with Crippen LogP contribution in [0, 0.1) is 5.92 Å². The Kier molecular flexibility index (Phi) is 13.7. The first-order chi connectivity index (χ1) is 18.3. The highest BCUT2D eigenvalue weighted by Crippen LogP contribution is 2.13. The molecule has 1 amide bonds. The van der Waals surface area contributed by atoms with Crippen molar-refractivity contribution in [2.75, 3.05) is 18.1 Å². The number of hydrogen-bond donors (Lipinski definition) is 2. The van der Waals surface area contributed by atoms with Crippen molar-refractivity contribution in [2.45, 2.75) is 39.2 Å². The van der Waals surface area contributed by atoms with Crippen LogP contribution in [0.2, 0.25) is 0 Å². The number of benzene rings is 3. The maximum absolute atomic E-state index is 12.3. The number of amides is 1. The topological polar surface area (TPSA) is 110 Å². The maximum Gasteiger partial charge on any atom is 0.305 e. The van der Waals surface area contributed by atoms with E-state index in [2.05, 4.69) is 70.7 Å². The van der Waals surface area contributed by atoms with Crippen molar-refractivity contribution in [3.63, 3.8) is 0 Å². The molecule has 2 atom stereocenters. The molecule has 0 aliphatic heterocycles. The van der Waals surface area contributed by atoms with Gasteiger partial charge in [-0.3, -0.25) is 19.2 Å². The number of fused-ring (bicyclic) bond motifs is 1. The van der Waals surface area contributed by atoms with E-state index in [0.29, 0.717) is 5.75 Å². The molecule has 0 saturated carbocycles. The fourth-order valence-corrected chi connectivity index (χ4v) is 4.52. The Morgan fingerprint density at radius 3 is 1.97 bits per heavy atom. The SMILES string of the molecule is CC(=O)OCC(=O)C(CC(=O)O)NC(=O)C(C)CSCCCc1ccccc1.c1ccc2ccccc2c1. The number of carbonyl (C=O) groups is 4. The van der Waals surface area contributed by atoms with Crippen LogP contribution in [0.4, 0.5) is 0 Å². The van der Waals surface area contributed by atoms with Crippen LogP contribution in [0.5, 0.6) is 0 Å². The second kappa shape index (κ2) is 17.0. The largest absolute Gasteiger partial charge is 0.481 e. The van der Waals surface area contributed by atoms with E-state index in [1.54, 1.807) is 18.7 Å². The highest BCUT2D eigenvalue weighted by molar-refractivity contribution is 7.99. The first-order valence-corrected chi connectivity index (χ1v) is 13.7. The number of Topliss-reactive ketones (excluding diaryl/α,β-unsaturated/α-hetero) is 1. The normalized spacial score (nSPS) is 11.9. The number of nitrogens with one attached hydrogen (secondary N) is 1. The van der Waals surface area contributed by atoms with Gasteiger partial charge in [-0.25, -0.2) is 0 Å². The van der Waals surface area contributed by atoms with Crippen molar-refractivity contribution < 1.29 is 29.0 Å². The van der Waals surface area contributed by atoms with Gasteiger partial charge in [0.15, 0.2) is 12.4 Å². The molecule has 8 heteroatoms. The number of hydrogen-bond acceptors (Lipinski definition) is 6. The molecule has 7 nitrogen and oxygen atoms in total. The number of carbonyl (C=O) groups excluding carboxylic acids is 3. The summed E-state index contributed by atoms with van der Waals surface area (Å²) in [5, 5.41) is 14.0. The summed E-state index contributed by atoms with van der Waals surface area (Å²) in [6.07, 6.45) is 1.41. The molecule has 2 unspecified atom stereocenters. The Morgan fingerprint density at radius 2 is 1.45 bits per heavy atom. The number of thioether (sulfide) groups is 1. The van der Waals surface area contributed by atoms with Crippen LogP contribution in [0.25, 0.3) is 10.8 Å². The summed E-state index contributed by atoms with van der Waals surface area (Å²) in [4.78, 5) is 46.1. The highest BCUT2D eigenvalue weighted by atomic mass is 32.2. The molecule has 0 fully saturated rings. The lowest BCUT2D eigenvalue weighted by atomic mass is 10.1. The second-order valence-corrected chi connectivity index (χ2v) is 9.97. The van der Waals surface area contributed by atoms with Crippen LogP contribution in [0.15, 0.2) is 78.9 Å². The van der Waals surface area contributed by atoms with Gasteiger partial charge >= 0.3 is 11.9 Å². The number of carboxylic acids is 1. The van der Waals surface area contributed by atoms with Crippen LogP contribution in [0.3, 0.4) is 0 Å². The number of rotatable bonds is 13. The third-order valence-corrected chi connectivity index (χ3v) is 6.89. The standard InChI is InChI=1S/C20H27NO6S.C10H8/c1-14(13-28-10-6-9-16-7-4-3-5-8-16)20(26)21-17(11-19(24)25)18(23)12-27-15(2)22;1-2-6-10-8-4-3-7-9(10)5-1/h3-5,7-8,14,17H,6,9-13H2,1-2H3,(H,21,26)(H,24,25);1-8H. The minimum Gasteiger partial charge on any atom is -0.481 e. The summed E-state index contributed by atoms with van der Waals surface area (Å²) in [6, 6.07) is 25.6. The van der Waals surface area contributed by atoms with E-state index >= 15 is 0 Å². The van der Waals surface area contributed by atoms with E-state index in [4.69, 9.17) is 5.11 Å². The van der Waals surface area contributed by atoms with Crippen molar-refractivity contribution in [1.82, 2.24) is 5.32 Å². The van der Waals surface area contributed by atoms with Crippen molar-refractivity contribution in [3.8, 4) is 0 Å². The zero-order valence-corrected chi connectivity index (χ0v) is 22.6. The van der Waals surface area contributed by atoms with Crippen molar-refractivity contribution in [1.29, 1.82) is 0 Å². The van der Waals surface area contributed by atoms with Gasteiger partial charge in [0.2, 0.25) is 5.91 Å². The van der Waals surface area contributed by atoms with Gasteiger partial charge < -0.3 is 15.2 Å². The van der Waals surface area contributed by atoms with Gasteiger partial charge in [0.05, 0.1) is 6.42 Å². The molecule has 0 spiro atoms. The van der Waals surface area contributed by atoms with Crippen LogP contribution in [0.1, 0.15) is 32.3 Å². The third kappa shape index (κ3) is 12.1. The van der Waals surface area contributed by atoms with Gasteiger partial charge in [0, 0.05) is 18.6 Å². The van der Waals surface area contributed by atoms with Crippen molar-refractivity contribution in [3.05, 3.63) is 84.4 Å². The number of esters is 1. The molecule has 0 heterocycles. The molecule has 3 aromatic rings. The molecule has 0 saturated heterocycles. The van der Waals surface area contributed by atoms with E-state index in [-0.39, 0.29) is 5.92 Å². The Balaban J connectivity index is 0.000000415. The molecule has 3 rings (SSSR count). The minimum absolute atomic E-state index is 0.375. The fraction of sp³-hybridized carbons (Fsp3) is 0.333. The molecule has 38 heavy (non-hydrogen) atoms. The molecule has 0 bridgehead atoms. The summed E-state index contributed by atoms with van der Waals surface area (Å²) in [5.41, 5.74) is 1.27.